The number of nitrogens with one attached hydrogen (secondary N) is 1. The van der Waals surface area contributed by atoms with Gasteiger partial charge in [-0.1, -0.05) is 11.3 Å². The van der Waals surface area contributed by atoms with Gasteiger partial charge in [0, 0.05) is 24.9 Å². The predicted octanol–water partition coefficient (Wildman–Crippen LogP) is 1.94. The maximum absolute atomic E-state index is 5.89. The first-order valence-electron chi connectivity index (χ1n) is 8.24. The van der Waals surface area contributed by atoms with Gasteiger partial charge in [0.25, 0.3) is 0 Å². The number of hydrogen-bond donors (Lipinski definition) is 2. The van der Waals surface area contributed by atoms with E-state index in [0.29, 0.717) is 19.0 Å². The molecule has 0 radical (unpaired) electrons. The Balaban J connectivity index is 0.00000261. The summed E-state index contributed by atoms with van der Waals surface area (Å²) in [6.07, 6.45) is 4.39. The molecule has 0 aliphatic carbocycles. The predicted molar refractivity (Wildman–Crippen MR) is 115 cm³/mol. The number of guanidine groups is 1. The van der Waals surface area contributed by atoms with Gasteiger partial charge in [-0.2, -0.15) is 0 Å². The summed E-state index contributed by atoms with van der Waals surface area (Å²) in [5.41, 5.74) is 8.52. The molecule has 0 unspecified atom stereocenters. The molecule has 8 nitrogen and oxygen atoms in total. The maximum atomic E-state index is 5.89. The van der Waals surface area contributed by atoms with Crippen molar-refractivity contribution in [2.45, 2.75) is 13.0 Å². The van der Waals surface area contributed by atoms with Crippen LogP contribution in [0.15, 0.2) is 59.9 Å². The Labute approximate surface area is 174 Å². The van der Waals surface area contributed by atoms with E-state index in [1.807, 2.05) is 48.7 Å². The summed E-state index contributed by atoms with van der Waals surface area (Å²) >= 11 is 0. The molecule has 27 heavy (non-hydrogen) atoms. The topological polar surface area (TPSA) is 103 Å². The average molecular weight is 479 g/mol. The lowest BCUT2D eigenvalue weighted by Gasteiger charge is -2.04. The highest BCUT2D eigenvalue weighted by atomic mass is 127. The molecule has 9 heteroatoms. The number of nitrogens with two attached hydrogens (primary N) is 1. The van der Waals surface area contributed by atoms with Crippen LogP contribution in [0.1, 0.15) is 11.4 Å². The van der Waals surface area contributed by atoms with Crippen molar-refractivity contribution in [3.63, 3.8) is 0 Å². The monoisotopic (exact) mass is 479 g/mol. The molecule has 1 aromatic carbocycles. The number of pyridine rings is 1. The second kappa shape index (κ2) is 10.5. The van der Waals surface area contributed by atoms with Gasteiger partial charge in [0.2, 0.25) is 0 Å². The third-order valence-electron chi connectivity index (χ3n) is 3.70. The quantitative estimate of drug-likeness (QED) is 0.305. The molecular formula is C18H22IN7O. The van der Waals surface area contributed by atoms with Crippen molar-refractivity contribution in [1.29, 1.82) is 0 Å². The van der Waals surface area contributed by atoms with Crippen LogP contribution in [0.3, 0.4) is 0 Å². The minimum Gasteiger partial charge on any atom is -0.497 e. The summed E-state index contributed by atoms with van der Waals surface area (Å²) < 4.78 is 6.84. The zero-order valence-corrected chi connectivity index (χ0v) is 17.3. The van der Waals surface area contributed by atoms with E-state index in [1.165, 1.54) is 0 Å². The van der Waals surface area contributed by atoms with Crippen molar-refractivity contribution in [2.24, 2.45) is 10.7 Å². The Hall–Kier alpha value is -2.69. The van der Waals surface area contributed by atoms with E-state index in [-0.39, 0.29) is 24.0 Å². The molecule has 0 aliphatic rings. The van der Waals surface area contributed by atoms with Gasteiger partial charge in [0.15, 0.2) is 5.96 Å². The number of halogens is 1. The molecule has 0 spiro atoms. The molecule has 2 aromatic heterocycles. The molecule has 3 aromatic rings. The van der Waals surface area contributed by atoms with Crippen LogP contribution in [0.25, 0.3) is 5.69 Å². The molecule has 0 aliphatic heterocycles. The largest absolute Gasteiger partial charge is 0.497 e. The van der Waals surface area contributed by atoms with E-state index < -0.39 is 0 Å². The minimum atomic E-state index is 0. The highest BCUT2D eigenvalue weighted by Gasteiger charge is 2.03. The van der Waals surface area contributed by atoms with Crippen molar-refractivity contribution in [3.05, 3.63) is 66.2 Å². The minimum absolute atomic E-state index is 0. The van der Waals surface area contributed by atoms with Crippen LogP contribution in [-0.2, 0) is 13.0 Å². The Morgan fingerprint density at radius 3 is 2.70 bits per heavy atom. The molecule has 2 heterocycles. The van der Waals surface area contributed by atoms with Gasteiger partial charge in [-0.15, -0.1) is 29.1 Å². The molecule has 0 amide bonds. The third-order valence-corrected chi connectivity index (χ3v) is 3.70. The Kier molecular flexibility index (Phi) is 7.99. The van der Waals surface area contributed by atoms with Crippen LogP contribution in [0.4, 0.5) is 0 Å². The number of hydrogen-bond acceptors (Lipinski definition) is 5. The summed E-state index contributed by atoms with van der Waals surface area (Å²) in [5.74, 6) is 1.17. The molecule has 142 valence electrons. The van der Waals surface area contributed by atoms with Crippen LogP contribution in [-0.4, -0.2) is 39.6 Å². The standard InChI is InChI=1S/C18H21N7O.HI/c1-26-17-7-5-16(6-8-17)25-13-15(23-24-25)12-22-18(19)21-11-9-14-4-2-3-10-20-14;/h2-8,10,13H,9,11-12H2,1H3,(H3,19,21,22);1H. The Morgan fingerprint density at radius 1 is 1.19 bits per heavy atom. The number of rotatable bonds is 7. The van der Waals surface area contributed by atoms with Crippen LogP contribution in [0.2, 0.25) is 0 Å². The van der Waals surface area contributed by atoms with Gasteiger partial charge in [0.05, 0.1) is 25.5 Å². The third kappa shape index (κ3) is 6.20. The molecule has 3 N–H and O–H groups in total. The van der Waals surface area contributed by atoms with Crippen LogP contribution in [0.5, 0.6) is 5.75 Å². The molecule has 0 bridgehead atoms. The molecule has 0 saturated heterocycles. The summed E-state index contributed by atoms with van der Waals surface area (Å²) in [4.78, 5) is 8.55. The van der Waals surface area contributed by atoms with Gasteiger partial charge < -0.3 is 15.8 Å². The second-order valence-corrected chi connectivity index (χ2v) is 5.55. The normalized spacial score (nSPS) is 10.9. The summed E-state index contributed by atoms with van der Waals surface area (Å²) in [7, 11) is 1.63. The van der Waals surface area contributed by atoms with E-state index in [4.69, 9.17) is 10.5 Å². The van der Waals surface area contributed by atoms with Crippen LogP contribution in [0, 0.1) is 0 Å². The SMILES string of the molecule is COc1ccc(-n2cc(CN=C(N)NCCc3ccccn3)nn2)cc1.I. The first kappa shape index (κ1) is 20.6. The fourth-order valence-electron chi connectivity index (χ4n) is 2.32. The smallest absolute Gasteiger partial charge is 0.188 e. The lowest BCUT2D eigenvalue weighted by atomic mass is 10.3. The lowest BCUT2D eigenvalue weighted by Crippen LogP contribution is -2.33. The number of methoxy groups -OCH3 is 1. The first-order chi connectivity index (χ1) is 12.7. The van der Waals surface area contributed by atoms with Crippen molar-refractivity contribution in [2.75, 3.05) is 13.7 Å². The molecule has 0 fully saturated rings. The van der Waals surface area contributed by atoms with Crippen LogP contribution < -0.4 is 15.8 Å². The van der Waals surface area contributed by atoms with Gasteiger partial charge in [-0.05, 0) is 36.4 Å². The van der Waals surface area contributed by atoms with Gasteiger partial charge in [0.1, 0.15) is 11.4 Å². The molecule has 0 atom stereocenters. The number of nitrogens with zero attached hydrogens (tertiary/aromatic N) is 5. The molecular weight excluding hydrogens is 457 g/mol. The van der Waals surface area contributed by atoms with E-state index in [2.05, 4.69) is 25.6 Å². The van der Waals surface area contributed by atoms with E-state index in [1.54, 1.807) is 18.0 Å². The van der Waals surface area contributed by atoms with E-state index in [0.717, 1.165) is 29.2 Å². The second-order valence-electron chi connectivity index (χ2n) is 5.55. The zero-order valence-electron chi connectivity index (χ0n) is 14.9. The van der Waals surface area contributed by atoms with Crippen LogP contribution >= 0.6 is 24.0 Å². The van der Waals surface area contributed by atoms with Crippen molar-refractivity contribution >= 4 is 29.9 Å². The van der Waals surface area contributed by atoms with Crippen molar-refractivity contribution in [1.82, 2.24) is 25.3 Å². The summed E-state index contributed by atoms with van der Waals surface area (Å²) in [5, 5.41) is 11.3. The summed E-state index contributed by atoms with van der Waals surface area (Å²) in [6.45, 7) is 1.03. The molecule has 3 rings (SSSR count). The fraction of sp³-hybridized carbons (Fsp3) is 0.222. The first-order valence-corrected chi connectivity index (χ1v) is 8.24. The fourth-order valence-corrected chi connectivity index (χ4v) is 2.32. The summed E-state index contributed by atoms with van der Waals surface area (Å²) in [6, 6.07) is 13.4. The van der Waals surface area contributed by atoms with Gasteiger partial charge >= 0.3 is 0 Å². The lowest BCUT2D eigenvalue weighted by molar-refractivity contribution is 0.414. The number of aliphatic imine (C=N–C) groups is 1. The molecule has 0 saturated carbocycles. The van der Waals surface area contributed by atoms with Gasteiger partial charge in [-0.3, -0.25) is 4.98 Å². The van der Waals surface area contributed by atoms with Gasteiger partial charge in [-0.25, -0.2) is 9.67 Å². The van der Waals surface area contributed by atoms with Crippen molar-refractivity contribution in [3.8, 4) is 11.4 Å². The Morgan fingerprint density at radius 2 is 2.00 bits per heavy atom. The zero-order chi connectivity index (χ0) is 18.2. The maximum Gasteiger partial charge on any atom is 0.188 e. The average Bonchev–Trinajstić information content (AvgIpc) is 3.16. The Bertz CT molecular complexity index is 850. The number of ether oxygens (including phenoxy) is 1. The highest BCUT2D eigenvalue weighted by Crippen LogP contribution is 2.14. The van der Waals surface area contributed by atoms with Crippen molar-refractivity contribution < 1.29 is 4.74 Å². The highest BCUT2D eigenvalue weighted by molar-refractivity contribution is 14.0. The number of benzene rings is 1. The van der Waals surface area contributed by atoms with E-state index >= 15 is 0 Å². The van der Waals surface area contributed by atoms with E-state index in [9.17, 15) is 0 Å². The number of aromatic nitrogens is 4.